The van der Waals surface area contributed by atoms with E-state index in [1.807, 2.05) is 30.3 Å². The lowest BCUT2D eigenvalue weighted by molar-refractivity contribution is -0.136. The molecule has 5 heteroatoms. The van der Waals surface area contributed by atoms with Crippen molar-refractivity contribution in [2.75, 3.05) is 13.1 Å². The highest BCUT2D eigenvalue weighted by molar-refractivity contribution is 5.98. The maximum Gasteiger partial charge on any atom is 0.223 e. The van der Waals surface area contributed by atoms with E-state index in [4.69, 9.17) is 10.00 Å². The molecule has 1 aliphatic heterocycles. The Kier molecular flexibility index (Phi) is 5.65. The second-order valence-corrected chi connectivity index (χ2v) is 6.35. The van der Waals surface area contributed by atoms with Crippen LogP contribution in [0.25, 0.3) is 0 Å². The van der Waals surface area contributed by atoms with Gasteiger partial charge in [0.15, 0.2) is 5.78 Å². The molecule has 0 aliphatic carbocycles. The standard InChI is InChI=1S/C21H20N2O3/c22-12-17-13-23(14-17)21(25)11-10-20(24)18-6-8-19(9-7-18)26-15-16-4-2-1-3-5-16/h1-9,17H,10-11,13-15H2. The van der Waals surface area contributed by atoms with Crippen LogP contribution in [0.1, 0.15) is 28.8 Å². The van der Waals surface area contributed by atoms with E-state index in [9.17, 15) is 9.59 Å². The number of ketones is 1. The Morgan fingerprint density at radius 2 is 1.73 bits per heavy atom. The zero-order valence-electron chi connectivity index (χ0n) is 14.4. The molecule has 0 bridgehead atoms. The van der Waals surface area contributed by atoms with Crippen molar-refractivity contribution in [2.45, 2.75) is 19.4 Å². The first-order chi connectivity index (χ1) is 12.7. The number of likely N-dealkylation sites (tertiary alicyclic amines) is 1. The molecule has 0 unspecified atom stereocenters. The first-order valence-corrected chi connectivity index (χ1v) is 8.63. The number of nitriles is 1. The van der Waals surface area contributed by atoms with Crippen LogP contribution in [0.4, 0.5) is 0 Å². The molecule has 1 heterocycles. The zero-order chi connectivity index (χ0) is 18.4. The quantitative estimate of drug-likeness (QED) is 0.721. The average molecular weight is 348 g/mol. The van der Waals surface area contributed by atoms with Crippen LogP contribution in [0.2, 0.25) is 0 Å². The van der Waals surface area contributed by atoms with Crippen molar-refractivity contribution in [3.05, 3.63) is 65.7 Å². The highest BCUT2D eigenvalue weighted by Crippen LogP contribution is 2.18. The van der Waals surface area contributed by atoms with E-state index in [0.29, 0.717) is 31.0 Å². The van der Waals surface area contributed by atoms with Crippen LogP contribution in [-0.2, 0) is 11.4 Å². The Morgan fingerprint density at radius 1 is 1.04 bits per heavy atom. The van der Waals surface area contributed by atoms with E-state index in [0.717, 1.165) is 5.56 Å². The van der Waals surface area contributed by atoms with Gasteiger partial charge in [0.25, 0.3) is 0 Å². The van der Waals surface area contributed by atoms with Gasteiger partial charge in [-0.1, -0.05) is 30.3 Å². The molecule has 1 saturated heterocycles. The lowest BCUT2D eigenvalue weighted by Gasteiger charge is -2.35. The molecule has 2 aromatic carbocycles. The number of amides is 1. The fourth-order valence-electron chi connectivity index (χ4n) is 2.76. The van der Waals surface area contributed by atoms with Gasteiger partial charge in [-0.25, -0.2) is 0 Å². The second kappa shape index (κ2) is 8.30. The number of hydrogen-bond donors (Lipinski definition) is 0. The van der Waals surface area contributed by atoms with E-state index >= 15 is 0 Å². The third kappa shape index (κ3) is 4.48. The van der Waals surface area contributed by atoms with Gasteiger partial charge in [-0.2, -0.15) is 5.26 Å². The fourth-order valence-corrected chi connectivity index (χ4v) is 2.76. The molecule has 0 saturated carbocycles. The molecule has 2 aromatic rings. The summed E-state index contributed by atoms with van der Waals surface area (Å²) in [6.07, 6.45) is 0.361. The number of carbonyl (C=O) groups is 2. The molecule has 0 radical (unpaired) electrons. The van der Waals surface area contributed by atoms with Gasteiger partial charge in [-0.3, -0.25) is 9.59 Å². The van der Waals surface area contributed by atoms with E-state index in [-0.39, 0.29) is 30.4 Å². The molecule has 0 N–H and O–H groups in total. The van der Waals surface area contributed by atoms with Gasteiger partial charge < -0.3 is 9.64 Å². The summed E-state index contributed by atoms with van der Waals surface area (Å²) in [5.74, 6) is 0.515. The number of carbonyl (C=O) groups excluding carboxylic acids is 2. The second-order valence-electron chi connectivity index (χ2n) is 6.35. The summed E-state index contributed by atoms with van der Waals surface area (Å²) in [6, 6.07) is 19.0. The molecule has 0 aromatic heterocycles. The van der Waals surface area contributed by atoms with Gasteiger partial charge in [-0.05, 0) is 29.8 Å². The molecule has 132 valence electrons. The minimum atomic E-state index is -0.0645. The molecule has 1 amide bonds. The average Bonchev–Trinajstić information content (AvgIpc) is 2.65. The SMILES string of the molecule is N#CC1CN(C(=O)CCC(=O)c2ccc(OCc3ccccc3)cc2)C1. The van der Waals surface area contributed by atoms with E-state index in [2.05, 4.69) is 6.07 Å². The number of benzene rings is 2. The molecule has 1 fully saturated rings. The van der Waals surface area contributed by atoms with Gasteiger partial charge in [0.2, 0.25) is 5.91 Å². The summed E-state index contributed by atoms with van der Waals surface area (Å²) in [7, 11) is 0. The Bertz CT molecular complexity index is 803. The minimum Gasteiger partial charge on any atom is -0.489 e. The van der Waals surface area contributed by atoms with E-state index < -0.39 is 0 Å². The van der Waals surface area contributed by atoms with Crippen LogP contribution < -0.4 is 4.74 Å². The van der Waals surface area contributed by atoms with Crippen molar-refractivity contribution < 1.29 is 14.3 Å². The molecule has 0 atom stereocenters. The van der Waals surface area contributed by atoms with E-state index in [1.54, 1.807) is 29.2 Å². The van der Waals surface area contributed by atoms with Crippen LogP contribution >= 0.6 is 0 Å². The Balaban J connectivity index is 1.45. The van der Waals surface area contributed by atoms with Crippen LogP contribution in [-0.4, -0.2) is 29.7 Å². The van der Waals surface area contributed by atoms with Crippen molar-refractivity contribution in [2.24, 2.45) is 5.92 Å². The minimum absolute atomic E-state index is 0.0573. The van der Waals surface area contributed by atoms with Crippen LogP contribution in [0.15, 0.2) is 54.6 Å². The van der Waals surface area contributed by atoms with Crippen molar-refractivity contribution in [3.63, 3.8) is 0 Å². The topological polar surface area (TPSA) is 70.4 Å². The number of ether oxygens (including phenoxy) is 1. The first kappa shape index (κ1) is 17.7. The molecule has 26 heavy (non-hydrogen) atoms. The third-order valence-corrected chi connectivity index (χ3v) is 4.41. The van der Waals surface area contributed by atoms with E-state index in [1.165, 1.54) is 0 Å². The van der Waals surface area contributed by atoms with Crippen molar-refractivity contribution in [1.29, 1.82) is 5.26 Å². The van der Waals surface area contributed by atoms with Gasteiger partial charge in [0.1, 0.15) is 12.4 Å². The van der Waals surface area contributed by atoms with Gasteiger partial charge in [-0.15, -0.1) is 0 Å². The smallest absolute Gasteiger partial charge is 0.223 e. The van der Waals surface area contributed by atoms with Gasteiger partial charge >= 0.3 is 0 Å². The summed E-state index contributed by atoms with van der Waals surface area (Å²) in [5, 5.41) is 8.73. The Hall–Kier alpha value is -3.13. The van der Waals surface area contributed by atoms with Crippen molar-refractivity contribution >= 4 is 11.7 Å². The predicted octanol–water partition coefficient (Wildman–Crippen LogP) is 3.21. The van der Waals surface area contributed by atoms with Gasteiger partial charge in [0.05, 0.1) is 12.0 Å². The van der Waals surface area contributed by atoms with Crippen LogP contribution in [0.5, 0.6) is 5.75 Å². The lowest BCUT2D eigenvalue weighted by atomic mass is 10.0. The lowest BCUT2D eigenvalue weighted by Crippen LogP contribution is -2.49. The monoisotopic (exact) mass is 348 g/mol. The highest BCUT2D eigenvalue weighted by atomic mass is 16.5. The normalized spacial score (nSPS) is 13.6. The molecular weight excluding hydrogens is 328 g/mol. The van der Waals surface area contributed by atoms with Crippen molar-refractivity contribution in [1.82, 2.24) is 4.90 Å². The maximum absolute atomic E-state index is 12.2. The number of rotatable bonds is 7. The summed E-state index contributed by atoms with van der Waals surface area (Å²) < 4.78 is 5.70. The third-order valence-electron chi connectivity index (χ3n) is 4.41. The van der Waals surface area contributed by atoms with Crippen LogP contribution in [0, 0.1) is 17.2 Å². The summed E-state index contributed by atoms with van der Waals surface area (Å²) in [4.78, 5) is 25.8. The molecule has 3 rings (SSSR count). The Morgan fingerprint density at radius 3 is 2.38 bits per heavy atom. The molecule has 0 spiro atoms. The predicted molar refractivity (Wildman–Crippen MR) is 96.5 cm³/mol. The number of nitrogens with zero attached hydrogens (tertiary/aromatic N) is 2. The summed E-state index contributed by atoms with van der Waals surface area (Å²) in [5.41, 5.74) is 1.65. The molecular formula is C21H20N2O3. The molecule has 1 aliphatic rings. The largest absolute Gasteiger partial charge is 0.489 e. The number of Topliss-reactive ketones (excluding diaryl/α,β-unsaturated/α-hetero) is 1. The number of hydrogen-bond acceptors (Lipinski definition) is 4. The van der Waals surface area contributed by atoms with Crippen LogP contribution in [0.3, 0.4) is 0 Å². The summed E-state index contributed by atoms with van der Waals surface area (Å²) >= 11 is 0. The molecule has 5 nitrogen and oxygen atoms in total. The fraction of sp³-hybridized carbons (Fsp3) is 0.286. The first-order valence-electron chi connectivity index (χ1n) is 8.63. The summed E-state index contributed by atoms with van der Waals surface area (Å²) in [6.45, 7) is 1.44. The maximum atomic E-state index is 12.2. The zero-order valence-corrected chi connectivity index (χ0v) is 14.4. The Labute approximate surface area is 152 Å². The van der Waals surface area contributed by atoms with Gasteiger partial charge in [0, 0.05) is 31.5 Å². The van der Waals surface area contributed by atoms with Crippen molar-refractivity contribution in [3.8, 4) is 11.8 Å². The highest BCUT2D eigenvalue weighted by Gasteiger charge is 2.30.